The molecule has 1 amide bonds. The molecule has 0 aliphatic carbocycles. The minimum Gasteiger partial charge on any atom is -0.443 e. The van der Waals surface area contributed by atoms with Crippen LogP contribution in [0, 0.1) is 6.92 Å². The summed E-state index contributed by atoms with van der Waals surface area (Å²) < 4.78 is 51.5. The van der Waals surface area contributed by atoms with Gasteiger partial charge >= 0.3 is 18.0 Å². The van der Waals surface area contributed by atoms with Gasteiger partial charge in [0.15, 0.2) is 0 Å². The lowest BCUT2D eigenvalue weighted by atomic mass is 10.2. The third-order valence-corrected chi connectivity index (χ3v) is 5.87. The van der Waals surface area contributed by atoms with E-state index in [4.69, 9.17) is 9.47 Å². The highest BCUT2D eigenvalue weighted by Crippen LogP contribution is 2.31. The summed E-state index contributed by atoms with van der Waals surface area (Å²) in [6.07, 6.45) is -5.49. The van der Waals surface area contributed by atoms with Crippen molar-refractivity contribution in [2.45, 2.75) is 65.5 Å². The van der Waals surface area contributed by atoms with Crippen LogP contribution in [0.1, 0.15) is 44.2 Å². The van der Waals surface area contributed by atoms with Crippen molar-refractivity contribution in [1.82, 2.24) is 20.0 Å². The van der Waals surface area contributed by atoms with Gasteiger partial charge in [-0.05, 0) is 40.2 Å². The van der Waals surface area contributed by atoms with Gasteiger partial charge in [-0.15, -0.1) is 11.3 Å². The highest BCUT2D eigenvalue weighted by Gasteiger charge is 2.40. The van der Waals surface area contributed by atoms with Crippen LogP contribution in [0.25, 0.3) is 10.2 Å². The number of aryl methyl sites for hydroxylation is 1. The van der Waals surface area contributed by atoms with Crippen molar-refractivity contribution in [3.8, 4) is 0 Å². The van der Waals surface area contributed by atoms with E-state index in [1.165, 1.54) is 7.11 Å². The van der Waals surface area contributed by atoms with E-state index in [9.17, 15) is 27.6 Å². The third-order valence-electron chi connectivity index (χ3n) is 4.56. The highest BCUT2D eigenvalue weighted by molar-refractivity contribution is 7.18. The number of methoxy groups -OCH3 is 1. The van der Waals surface area contributed by atoms with Crippen molar-refractivity contribution < 1.29 is 27.4 Å². The minimum absolute atomic E-state index is 0.0240. The summed E-state index contributed by atoms with van der Waals surface area (Å²) in [5.74, 6) is 0. The van der Waals surface area contributed by atoms with E-state index in [0.717, 1.165) is 22.8 Å². The zero-order valence-electron chi connectivity index (χ0n) is 18.7. The molecule has 2 aromatic rings. The number of hydrogen-bond donors (Lipinski definition) is 2. The number of ether oxygens (including phenoxy) is 2. The number of carbonyl (C=O) groups excluding carboxylic acids is 1. The highest BCUT2D eigenvalue weighted by atomic mass is 32.1. The van der Waals surface area contributed by atoms with Crippen LogP contribution in [0.2, 0.25) is 0 Å². The minimum atomic E-state index is -4.78. The first-order valence-corrected chi connectivity index (χ1v) is 10.6. The number of rotatable bonds is 7. The molecule has 0 saturated heterocycles. The molecule has 0 spiro atoms. The molecule has 0 aromatic carbocycles. The van der Waals surface area contributed by atoms with Crippen molar-refractivity contribution in [2.24, 2.45) is 0 Å². The molecule has 1 unspecified atom stereocenters. The summed E-state index contributed by atoms with van der Waals surface area (Å²) in [6, 6.07) is -2.30. The number of amides is 1. The van der Waals surface area contributed by atoms with E-state index in [1.807, 2.05) is 0 Å². The van der Waals surface area contributed by atoms with Crippen LogP contribution in [-0.4, -0.2) is 40.7 Å². The SMILES string of the molecule is COCCn1c(=O)n(C(C)C(F)(F)F)c(=O)c2c(C)c(CNNC(=O)OC(C)(C)C)sc21. The van der Waals surface area contributed by atoms with Crippen molar-refractivity contribution in [1.29, 1.82) is 0 Å². The first kappa shape index (κ1) is 25.9. The number of fused-ring (bicyclic) bond motifs is 1. The Morgan fingerprint density at radius 2 is 1.84 bits per heavy atom. The van der Waals surface area contributed by atoms with Gasteiger partial charge in [-0.2, -0.15) is 13.2 Å². The van der Waals surface area contributed by atoms with E-state index in [0.29, 0.717) is 10.4 Å². The van der Waals surface area contributed by atoms with Gasteiger partial charge in [-0.25, -0.2) is 19.6 Å². The van der Waals surface area contributed by atoms with Crippen molar-refractivity contribution >= 4 is 27.6 Å². The Labute approximate surface area is 186 Å². The lowest BCUT2D eigenvalue weighted by Gasteiger charge is -2.19. The average molecular weight is 481 g/mol. The number of nitrogens with zero attached hydrogens (tertiary/aromatic N) is 2. The standard InChI is InChI=1S/C19H27F3N4O5S/c1-10-12(9-23-24-16(28)31-18(3,4)5)32-15-13(10)14(27)26(11(2)19(20,21)22)17(29)25(15)7-8-30-6/h11,23H,7-9H2,1-6H3,(H,24,28). The number of hydrazine groups is 1. The van der Waals surface area contributed by atoms with Gasteiger partial charge in [0.1, 0.15) is 16.5 Å². The predicted molar refractivity (Wildman–Crippen MR) is 114 cm³/mol. The summed E-state index contributed by atoms with van der Waals surface area (Å²) in [4.78, 5) is 38.4. The number of carbonyl (C=O) groups is 1. The molecule has 0 radical (unpaired) electrons. The molecule has 2 rings (SSSR count). The van der Waals surface area contributed by atoms with Crippen LogP contribution in [0.15, 0.2) is 9.59 Å². The molecule has 32 heavy (non-hydrogen) atoms. The number of nitrogens with one attached hydrogen (secondary N) is 2. The molecule has 1 atom stereocenters. The normalized spacial score (nSPS) is 13.4. The second-order valence-electron chi connectivity index (χ2n) is 8.13. The predicted octanol–water partition coefficient (Wildman–Crippen LogP) is 2.83. The average Bonchev–Trinajstić information content (AvgIpc) is 2.96. The molecule has 0 fully saturated rings. The third kappa shape index (κ3) is 5.70. The monoisotopic (exact) mass is 480 g/mol. The van der Waals surface area contributed by atoms with Crippen molar-refractivity contribution in [3.05, 3.63) is 31.3 Å². The van der Waals surface area contributed by atoms with Crippen LogP contribution in [0.4, 0.5) is 18.0 Å². The molecule has 0 bridgehead atoms. The molecule has 2 heterocycles. The van der Waals surface area contributed by atoms with Crippen LogP contribution >= 0.6 is 11.3 Å². The van der Waals surface area contributed by atoms with Crippen molar-refractivity contribution in [2.75, 3.05) is 13.7 Å². The Morgan fingerprint density at radius 3 is 2.38 bits per heavy atom. The zero-order valence-corrected chi connectivity index (χ0v) is 19.5. The maximum Gasteiger partial charge on any atom is 0.422 e. The molecule has 0 aliphatic heterocycles. The Kier molecular flexibility index (Phi) is 7.79. The van der Waals surface area contributed by atoms with Crippen LogP contribution < -0.4 is 22.1 Å². The van der Waals surface area contributed by atoms with Gasteiger partial charge in [0.25, 0.3) is 5.56 Å². The second kappa shape index (κ2) is 9.63. The molecule has 0 saturated carbocycles. The van der Waals surface area contributed by atoms with Crippen molar-refractivity contribution in [3.63, 3.8) is 0 Å². The molecule has 9 nitrogen and oxygen atoms in total. The lowest BCUT2D eigenvalue weighted by Crippen LogP contribution is -2.45. The van der Waals surface area contributed by atoms with E-state index < -0.39 is 35.2 Å². The van der Waals surface area contributed by atoms with Crippen LogP contribution in [-0.2, 0) is 22.6 Å². The Hall–Kier alpha value is -2.38. The lowest BCUT2D eigenvalue weighted by molar-refractivity contribution is -0.164. The van der Waals surface area contributed by atoms with Gasteiger partial charge in [0.2, 0.25) is 0 Å². The summed E-state index contributed by atoms with van der Waals surface area (Å²) in [5.41, 5.74) is 2.68. The first-order chi connectivity index (χ1) is 14.7. The summed E-state index contributed by atoms with van der Waals surface area (Å²) in [6.45, 7) is 7.57. The number of aromatic nitrogens is 2. The van der Waals surface area contributed by atoms with E-state index in [1.54, 1.807) is 27.7 Å². The second-order valence-corrected chi connectivity index (χ2v) is 9.21. The largest absolute Gasteiger partial charge is 0.443 e. The molecule has 2 aromatic heterocycles. The maximum atomic E-state index is 13.4. The molecule has 2 N–H and O–H groups in total. The number of alkyl halides is 3. The number of thiophene rings is 1. The van der Waals surface area contributed by atoms with Crippen LogP contribution in [0.3, 0.4) is 0 Å². The van der Waals surface area contributed by atoms with Gasteiger partial charge in [-0.1, -0.05) is 0 Å². The molecular weight excluding hydrogens is 453 g/mol. The smallest absolute Gasteiger partial charge is 0.422 e. The summed E-state index contributed by atoms with van der Waals surface area (Å²) in [7, 11) is 1.40. The van der Waals surface area contributed by atoms with E-state index in [-0.39, 0.29) is 34.5 Å². The quantitative estimate of drug-likeness (QED) is 0.591. The Bertz CT molecular complexity index is 1100. The maximum absolute atomic E-state index is 13.4. The first-order valence-electron chi connectivity index (χ1n) is 9.73. The fourth-order valence-corrected chi connectivity index (χ4v) is 4.20. The Morgan fingerprint density at radius 1 is 1.22 bits per heavy atom. The Balaban J connectivity index is 2.51. The number of hydrogen-bond acceptors (Lipinski definition) is 7. The van der Waals surface area contributed by atoms with Gasteiger partial charge < -0.3 is 9.47 Å². The fraction of sp³-hybridized carbons (Fsp3) is 0.632. The molecular formula is C19H27F3N4O5S. The molecule has 180 valence electrons. The van der Waals surface area contributed by atoms with Gasteiger partial charge in [0.05, 0.1) is 18.5 Å². The number of halogens is 3. The molecule has 0 aliphatic rings. The van der Waals surface area contributed by atoms with Crippen LogP contribution in [0.5, 0.6) is 0 Å². The van der Waals surface area contributed by atoms with Gasteiger partial charge in [0, 0.05) is 18.5 Å². The fourth-order valence-electron chi connectivity index (χ4n) is 2.95. The van der Waals surface area contributed by atoms with E-state index in [2.05, 4.69) is 10.9 Å². The zero-order chi connectivity index (χ0) is 24.4. The van der Waals surface area contributed by atoms with Gasteiger partial charge in [-0.3, -0.25) is 14.8 Å². The molecule has 13 heteroatoms. The van der Waals surface area contributed by atoms with E-state index >= 15 is 0 Å². The summed E-state index contributed by atoms with van der Waals surface area (Å²) in [5, 5.41) is 0.0240. The summed E-state index contributed by atoms with van der Waals surface area (Å²) >= 11 is 1.08. The topological polar surface area (TPSA) is 104 Å².